The second kappa shape index (κ2) is 6.33. The second-order valence-electron chi connectivity index (χ2n) is 4.17. The van der Waals surface area contributed by atoms with Crippen molar-refractivity contribution in [2.45, 2.75) is 45.2 Å². The molecular formula is C12H20N2O2. The minimum Gasteiger partial charge on any atom is -0.467 e. The summed E-state index contributed by atoms with van der Waals surface area (Å²) in [5, 5.41) is 2.88. The Morgan fingerprint density at radius 3 is 2.88 bits per heavy atom. The van der Waals surface area contributed by atoms with Gasteiger partial charge in [0.25, 0.3) is 0 Å². The predicted molar refractivity (Wildman–Crippen MR) is 62.8 cm³/mol. The highest BCUT2D eigenvalue weighted by atomic mass is 16.3. The fourth-order valence-electron chi connectivity index (χ4n) is 1.51. The van der Waals surface area contributed by atoms with Gasteiger partial charge < -0.3 is 15.5 Å². The summed E-state index contributed by atoms with van der Waals surface area (Å²) < 4.78 is 5.20. The second-order valence-corrected chi connectivity index (χ2v) is 4.17. The Balaban J connectivity index is 2.24. The van der Waals surface area contributed by atoms with Crippen LogP contribution in [0.5, 0.6) is 0 Å². The van der Waals surface area contributed by atoms with Crippen LogP contribution < -0.4 is 11.1 Å². The van der Waals surface area contributed by atoms with Crippen LogP contribution in [0, 0.1) is 0 Å². The van der Waals surface area contributed by atoms with Crippen LogP contribution in [-0.2, 0) is 4.79 Å². The van der Waals surface area contributed by atoms with Crippen molar-refractivity contribution in [2.24, 2.45) is 5.73 Å². The Labute approximate surface area is 96.2 Å². The molecule has 0 aromatic carbocycles. The molecule has 0 saturated heterocycles. The molecule has 1 amide bonds. The third-order valence-electron chi connectivity index (χ3n) is 2.41. The summed E-state index contributed by atoms with van der Waals surface area (Å²) in [4.78, 5) is 11.5. The van der Waals surface area contributed by atoms with Gasteiger partial charge in [-0.2, -0.15) is 0 Å². The summed E-state index contributed by atoms with van der Waals surface area (Å²) in [7, 11) is 0. The van der Waals surface area contributed by atoms with E-state index in [4.69, 9.17) is 10.2 Å². The van der Waals surface area contributed by atoms with Crippen molar-refractivity contribution in [3.05, 3.63) is 24.2 Å². The van der Waals surface area contributed by atoms with Crippen LogP contribution >= 0.6 is 0 Å². The first-order chi connectivity index (χ1) is 7.59. The Morgan fingerprint density at radius 1 is 1.56 bits per heavy atom. The van der Waals surface area contributed by atoms with Gasteiger partial charge in [0.05, 0.1) is 12.3 Å². The maximum Gasteiger partial charge on any atom is 0.220 e. The summed E-state index contributed by atoms with van der Waals surface area (Å²) >= 11 is 0. The van der Waals surface area contributed by atoms with Gasteiger partial charge in [-0.05, 0) is 38.8 Å². The molecule has 0 aliphatic heterocycles. The molecule has 0 spiro atoms. The third-order valence-corrected chi connectivity index (χ3v) is 2.41. The monoisotopic (exact) mass is 224 g/mol. The van der Waals surface area contributed by atoms with Gasteiger partial charge in [-0.15, -0.1) is 0 Å². The van der Waals surface area contributed by atoms with E-state index in [1.807, 2.05) is 26.0 Å². The molecule has 1 heterocycles. The van der Waals surface area contributed by atoms with E-state index in [9.17, 15) is 4.79 Å². The molecular weight excluding hydrogens is 204 g/mol. The van der Waals surface area contributed by atoms with Gasteiger partial charge in [-0.3, -0.25) is 4.79 Å². The van der Waals surface area contributed by atoms with E-state index in [2.05, 4.69) is 5.32 Å². The lowest BCUT2D eigenvalue weighted by Crippen LogP contribution is -2.26. The molecule has 3 N–H and O–H groups in total. The Bertz CT molecular complexity index is 307. The molecule has 1 aromatic rings. The largest absolute Gasteiger partial charge is 0.467 e. The molecule has 16 heavy (non-hydrogen) atoms. The minimum absolute atomic E-state index is 0.0459. The predicted octanol–water partition coefficient (Wildman–Crippen LogP) is 1.97. The highest BCUT2D eigenvalue weighted by molar-refractivity contribution is 5.76. The van der Waals surface area contributed by atoms with Gasteiger partial charge in [-0.25, -0.2) is 0 Å². The topological polar surface area (TPSA) is 68.3 Å². The zero-order valence-corrected chi connectivity index (χ0v) is 9.90. The summed E-state index contributed by atoms with van der Waals surface area (Å²) in [5.74, 6) is 0.824. The zero-order chi connectivity index (χ0) is 12.0. The fraction of sp³-hybridized carbons (Fsp3) is 0.583. The average molecular weight is 224 g/mol. The highest BCUT2D eigenvalue weighted by Gasteiger charge is 2.11. The number of hydrogen-bond donors (Lipinski definition) is 2. The van der Waals surface area contributed by atoms with Crippen LogP contribution in [0.4, 0.5) is 0 Å². The Hall–Kier alpha value is -1.29. The normalized spacial score (nSPS) is 14.4. The van der Waals surface area contributed by atoms with Gasteiger partial charge in [0, 0.05) is 12.5 Å². The van der Waals surface area contributed by atoms with Crippen LogP contribution in [0.25, 0.3) is 0 Å². The van der Waals surface area contributed by atoms with Gasteiger partial charge in [0.15, 0.2) is 0 Å². The number of amides is 1. The SMILES string of the molecule is CC(N)CCCC(=O)NC(C)c1ccco1. The van der Waals surface area contributed by atoms with Gasteiger partial charge in [0.1, 0.15) is 5.76 Å². The van der Waals surface area contributed by atoms with Crippen LogP contribution in [-0.4, -0.2) is 11.9 Å². The molecule has 2 unspecified atom stereocenters. The smallest absolute Gasteiger partial charge is 0.220 e. The summed E-state index contributed by atoms with van der Waals surface area (Å²) in [6.45, 7) is 3.85. The van der Waals surface area contributed by atoms with E-state index in [1.165, 1.54) is 0 Å². The van der Waals surface area contributed by atoms with E-state index in [-0.39, 0.29) is 18.0 Å². The molecule has 0 bridgehead atoms. The van der Waals surface area contributed by atoms with E-state index >= 15 is 0 Å². The van der Waals surface area contributed by atoms with Gasteiger partial charge in [0.2, 0.25) is 5.91 Å². The number of hydrogen-bond acceptors (Lipinski definition) is 3. The minimum atomic E-state index is -0.0715. The number of carbonyl (C=O) groups is 1. The van der Waals surface area contributed by atoms with Crippen LogP contribution in [0.15, 0.2) is 22.8 Å². The quantitative estimate of drug-likeness (QED) is 0.776. The number of carbonyl (C=O) groups excluding carboxylic acids is 1. The molecule has 0 saturated carbocycles. The van der Waals surface area contributed by atoms with Crippen molar-refractivity contribution in [1.82, 2.24) is 5.32 Å². The van der Waals surface area contributed by atoms with E-state index < -0.39 is 0 Å². The van der Waals surface area contributed by atoms with Gasteiger partial charge >= 0.3 is 0 Å². The molecule has 2 atom stereocenters. The van der Waals surface area contributed by atoms with E-state index in [0.717, 1.165) is 18.6 Å². The molecule has 4 nitrogen and oxygen atoms in total. The molecule has 90 valence electrons. The first-order valence-electron chi connectivity index (χ1n) is 5.68. The standard InChI is InChI=1S/C12H20N2O2/c1-9(13)5-3-7-12(15)14-10(2)11-6-4-8-16-11/h4,6,8-10H,3,5,7,13H2,1-2H3,(H,14,15). The van der Waals surface area contributed by atoms with Crippen molar-refractivity contribution in [2.75, 3.05) is 0 Å². The van der Waals surface area contributed by atoms with Crippen LogP contribution in [0.1, 0.15) is 44.9 Å². The molecule has 0 aliphatic rings. The van der Waals surface area contributed by atoms with Crippen molar-refractivity contribution < 1.29 is 9.21 Å². The summed E-state index contributed by atoms with van der Waals surface area (Å²) in [5.41, 5.74) is 5.61. The lowest BCUT2D eigenvalue weighted by molar-refractivity contribution is -0.122. The van der Waals surface area contributed by atoms with Crippen molar-refractivity contribution in [3.63, 3.8) is 0 Å². The maximum absolute atomic E-state index is 11.5. The molecule has 4 heteroatoms. The lowest BCUT2D eigenvalue weighted by atomic mass is 10.1. The Morgan fingerprint density at radius 2 is 2.31 bits per heavy atom. The van der Waals surface area contributed by atoms with E-state index in [0.29, 0.717) is 6.42 Å². The van der Waals surface area contributed by atoms with Crippen LogP contribution in [0.3, 0.4) is 0 Å². The molecule has 0 fully saturated rings. The van der Waals surface area contributed by atoms with Crippen molar-refractivity contribution in [1.29, 1.82) is 0 Å². The van der Waals surface area contributed by atoms with Crippen LogP contribution in [0.2, 0.25) is 0 Å². The van der Waals surface area contributed by atoms with Crippen molar-refractivity contribution >= 4 is 5.91 Å². The van der Waals surface area contributed by atoms with E-state index in [1.54, 1.807) is 6.26 Å². The lowest BCUT2D eigenvalue weighted by Gasteiger charge is -2.11. The first-order valence-corrected chi connectivity index (χ1v) is 5.68. The molecule has 1 rings (SSSR count). The highest BCUT2D eigenvalue weighted by Crippen LogP contribution is 2.12. The summed E-state index contributed by atoms with van der Waals surface area (Å²) in [6.07, 6.45) is 3.83. The number of furan rings is 1. The molecule has 1 aromatic heterocycles. The molecule has 0 radical (unpaired) electrons. The number of nitrogens with two attached hydrogens (primary N) is 1. The first kappa shape index (κ1) is 12.8. The average Bonchev–Trinajstić information content (AvgIpc) is 2.69. The third kappa shape index (κ3) is 4.49. The summed E-state index contributed by atoms with van der Waals surface area (Å²) in [6, 6.07) is 3.76. The Kier molecular flexibility index (Phi) is 5.05. The van der Waals surface area contributed by atoms with Crippen molar-refractivity contribution in [3.8, 4) is 0 Å². The number of rotatable bonds is 6. The van der Waals surface area contributed by atoms with Gasteiger partial charge in [-0.1, -0.05) is 0 Å². The maximum atomic E-state index is 11.5. The number of nitrogens with one attached hydrogen (secondary N) is 1. The zero-order valence-electron chi connectivity index (χ0n) is 9.90. The fourth-order valence-corrected chi connectivity index (χ4v) is 1.51. The molecule has 0 aliphatic carbocycles.